The van der Waals surface area contributed by atoms with E-state index >= 15 is 0 Å². The van der Waals surface area contributed by atoms with Gasteiger partial charge in [-0.25, -0.2) is 4.68 Å². The largest absolute Gasteiger partial charge is 0.321 e. The third-order valence-corrected chi connectivity index (χ3v) is 4.60. The second kappa shape index (κ2) is 7.59. The van der Waals surface area contributed by atoms with Crippen LogP contribution < -0.4 is 5.32 Å². The summed E-state index contributed by atoms with van der Waals surface area (Å²) in [5, 5.41) is 18.3. The van der Waals surface area contributed by atoms with Crippen molar-refractivity contribution in [2.45, 2.75) is 20.4 Å². The molecule has 1 N–H and O–H groups in total. The number of nitrogens with one attached hydrogen (secondary N) is 1. The van der Waals surface area contributed by atoms with E-state index in [0.717, 1.165) is 5.56 Å². The van der Waals surface area contributed by atoms with Crippen LogP contribution in [-0.4, -0.2) is 20.6 Å². The van der Waals surface area contributed by atoms with Gasteiger partial charge in [-0.05, 0) is 25.5 Å². The van der Waals surface area contributed by atoms with Crippen LogP contribution >= 0.6 is 11.6 Å². The van der Waals surface area contributed by atoms with Gasteiger partial charge in [0.2, 0.25) is 0 Å². The van der Waals surface area contributed by atoms with E-state index < -0.39 is 10.8 Å². The molecule has 0 atom stereocenters. The van der Waals surface area contributed by atoms with Crippen LogP contribution in [0.2, 0.25) is 5.15 Å². The highest BCUT2D eigenvalue weighted by atomic mass is 35.5. The van der Waals surface area contributed by atoms with Crippen molar-refractivity contribution in [3.05, 3.63) is 86.2 Å². The van der Waals surface area contributed by atoms with E-state index in [2.05, 4.69) is 10.4 Å². The topological polar surface area (TPSA) is 90.1 Å². The van der Waals surface area contributed by atoms with Crippen molar-refractivity contribution < 1.29 is 9.72 Å². The fraction of sp³-hybridized carbons (Fsp3) is 0.158. The summed E-state index contributed by atoms with van der Waals surface area (Å²) in [4.78, 5) is 23.3. The molecule has 1 aromatic heterocycles. The molecule has 0 aliphatic carbocycles. The number of carbonyl (C=O) groups is 1. The van der Waals surface area contributed by atoms with Gasteiger partial charge in [-0.2, -0.15) is 5.10 Å². The molecule has 0 fully saturated rings. The van der Waals surface area contributed by atoms with Crippen molar-refractivity contribution in [1.82, 2.24) is 9.78 Å². The molecule has 0 aliphatic rings. The van der Waals surface area contributed by atoms with E-state index in [1.807, 2.05) is 30.3 Å². The van der Waals surface area contributed by atoms with Gasteiger partial charge in [0.1, 0.15) is 5.15 Å². The van der Waals surface area contributed by atoms with Crippen LogP contribution in [0.3, 0.4) is 0 Å². The van der Waals surface area contributed by atoms with Crippen LogP contribution in [-0.2, 0) is 6.54 Å². The van der Waals surface area contributed by atoms with Crippen LogP contribution in [0, 0.1) is 24.0 Å². The van der Waals surface area contributed by atoms with Crippen molar-refractivity contribution in [2.75, 3.05) is 5.32 Å². The number of benzene rings is 2. The zero-order valence-electron chi connectivity index (χ0n) is 14.8. The first-order valence-electron chi connectivity index (χ1n) is 8.20. The SMILES string of the molecule is Cc1nn(Cc2ccccc2)c(Cl)c1C(=O)Nc1cccc([N+](=O)[O-])c1C. The highest BCUT2D eigenvalue weighted by molar-refractivity contribution is 6.33. The number of aryl methyl sites for hydroxylation is 1. The second-order valence-corrected chi connectivity index (χ2v) is 6.41. The molecule has 0 saturated heterocycles. The van der Waals surface area contributed by atoms with E-state index in [9.17, 15) is 14.9 Å². The van der Waals surface area contributed by atoms with Crippen LogP contribution in [0.5, 0.6) is 0 Å². The quantitative estimate of drug-likeness (QED) is 0.522. The molecule has 0 radical (unpaired) electrons. The first-order chi connectivity index (χ1) is 12.9. The molecule has 0 saturated carbocycles. The Hall–Kier alpha value is -3.19. The highest BCUT2D eigenvalue weighted by Crippen LogP contribution is 2.27. The number of hydrogen-bond donors (Lipinski definition) is 1. The fourth-order valence-corrected chi connectivity index (χ4v) is 3.13. The summed E-state index contributed by atoms with van der Waals surface area (Å²) in [6.07, 6.45) is 0. The lowest BCUT2D eigenvalue weighted by Gasteiger charge is -2.09. The molecule has 0 spiro atoms. The van der Waals surface area contributed by atoms with Gasteiger partial charge in [0.05, 0.1) is 34.0 Å². The normalized spacial score (nSPS) is 10.6. The van der Waals surface area contributed by atoms with E-state index in [-0.39, 0.29) is 16.4 Å². The van der Waals surface area contributed by atoms with Crippen molar-refractivity contribution in [1.29, 1.82) is 0 Å². The number of carbonyl (C=O) groups excluding carboxylic acids is 1. The van der Waals surface area contributed by atoms with Crippen LogP contribution in [0.25, 0.3) is 0 Å². The molecule has 27 heavy (non-hydrogen) atoms. The summed E-state index contributed by atoms with van der Waals surface area (Å²) in [6, 6.07) is 14.2. The lowest BCUT2D eigenvalue weighted by atomic mass is 10.1. The lowest BCUT2D eigenvalue weighted by molar-refractivity contribution is -0.385. The zero-order chi connectivity index (χ0) is 19.6. The van der Waals surface area contributed by atoms with Gasteiger partial charge in [0.15, 0.2) is 0 Å². The van der Waals surface area contributed by atoms with E-state index in [0.29, 0.717) is 23.5 Å². The Balaban J connectivity index is 1.88. The minimum Gasteiger partial charge on any atom is -0.321 e. The molecule has 138 valence electrons. The smallest absolute Gasteiger partial charge is 0.274 e. The van der Waals surface area contributed by atoms with Crippen molar-refractivity contribution in [2.24, 2.45) is 0 Å². The molecule has 8 heteroatoms. The number of aromatic nitrogens is 2. The number of rotatable bonds is 5. The number of hydrogen-bond acceptors (Lipinski definition) is 4. The maximum Gasteiger partial charge on any atom is 0.274 e. The first-order valence-corrected chi connectivity index (χ1v) is 8.58. The van der Waals surface area contributed by atoms with E-state index in [4.69, 9.17) is 11.6 Å². The molecular formula is C19H17ClN4O3. The van der Waals surface area contributed by atoms with Crippen LogP contribution in [0.1, 0.15) is 27.2 Å². The molecule has 0 aliphatic heterocycles. The summed E-state index contributed by atoms with van der Waals surface area (Å²) in [5.41, 5.74) is 2.41. The summed E-state index contributed by atoms with van der Waals surface area (Å²) in [5.74, 6) is -0.458. The Labute approximate surface area is 160 Å². The molecule has 2 aromatic carbocycles. The number of amides is 1. The summed E-state index contributed by atoms with van der Waals surface area (Å²) >= 11 is 6.39. The molecule has 0 bridgehead atoms. The van der Waals surface area contributed by atoms with Gasteiger partial charge in [0.25, 0.3) is 11.6 Å². The van der Waals surface area contributed by atoms with Crippen molar-refractivity contribution in [3.63, 3.8) is 0 Å². The predicted octanol–water partition coefficient (Wildman–Crippen LogP) is 4.36. The Morgan fingerprint density at radius 2 is 1.89 bits per heavy atom. The summed E-state index contributed by atoms with van der Waals surface area (Å²) < 4.78 is 1.56. The highest BCUT2D eigenvalue weighted by Gasteiger charge is 2.22. The number of nitro benzene ring substituents is 1. The summed E-state index contributed by atoms with van der Waals surface area (Å²) in [7, 11) is 0. The van der Waals surface area contributed by atoms with Gasteiger partial charge >= 0.3 is 0 Å². The van der Waals surface area contributed by atoms with E-state index in [1.54, 1.807) is 24.6 Å². The molecule has 3 rings (SSSR count). The van der Waals surface area contributed by atoms with Gasteiger partial charge in [0, 0.05) is 6.07 Å². The second-order valence-electron chi connectivity index (χ2n) is 6.06. The molecule has 3 aromatic rings. The third-order valence-electron chi connectivity index (χ3n) is 4.22. The Kier molecular flexibility index (Phi) is 5.23. The first kappa shape index (κ1) is 18.6. The predicted molar refractivity (Wildman–Crippen MR) is 103 cm³/mol. The molecule has 0 unspecified atom stereocenters. The number of nitro groups is 1. The lowest BCUT2D eigenvalue weighted by Crippen LogP contribution is -2.14. The van der Waals surface area contributed by atoms with Crippen molar-refractivity contribution in [3.8, 4) is 0 Å². The Bertz CT molecular complexity index is 1020. The Morgan fingerprint density at radius 3 is 2.56 bits per heavy atom. The monoisotopic (exact) mass is 384 g/mol. The molecule has 7 nitrogen and oxygen atoms in total. The molecule has 1 heterocycles. The fourth-order valence-electron chi connectivity index (χ4n) is 2.81. The van der Waals surface area contributed by atoms with Gasteiger partial charge < -0.3 is 5.32 Å². The number of halogens is 1. The average Bonchev–Trinajstić information content (AvgIpc) is 2.91. The zero-order valence-corrected chi connectivity index (χ0v) is 15.5. The standard InChI is InChI=1S/C19H17ClN4O3/c1-12-15(9-6-10-16(12)24(26)27)21-19(25)17-13(2)22-23(18(17)20)11-14-7-4-3-5-8-14/h3-10H,11H2,1-2H3,(H,21,25). The number of nitrogens with zero attached hydrogens (tertiary/aromatic N) is 3. The maximum atomic E-state index is 12.7. The number of anilines is 1. The van der Waals surface area contributed by atoms with Crippen LogP contribution in [0.15, 0.2) is 48.5 Å². The van der Waals surface area contributed by atoms with Crippen molar-refractivity contribution >= 4 is 28.9 Å². The van der Waals surface area contributed by atoms with Gasteiger partial charge in [-0.1, -0.05) is 48.0 Å². The van der Waals surface area contributed by atoms with E-state index in [1.165, 1.54) is 12.1 Å². The van der Waals surface area contributed by atoms with Crippen LogP contribution in [0.4, 0.5) is 11.4 Å². The average molecular weight is 385 g/mol. The molecular weight excluding hydrogens is 368 g/mol. The Morgan fingerprint density at radius 1 is 1.19 bits per heavy atom. The minimum atomic E-state index is -0.485. The maximum absolute atomic E-state index is 12.7. The summed E-state index contributed by atoms with van der Waals surface area (Å²) in [6.45, 7) is 3.72. The minimum absolute atomic E-state index is 0.0598. The third kappa shape index (κ3) is 3.83. The van der Waals surface area contributed by atoms with Gasteiger partial charge in [-0.3, -0.25) is 14.9 Å². The molecule has 1 amide bonds. The van der Waals surface area contributed by atoms with Gasteiger partial charge in [-0.15, -0.1) is 0 Å².